The highest BCUT2D eigenvalue weighted by Crippen LogP contribution is 2.21. The Hall–Kier alpha value is -0.870. The maximum absolute atomic E-state index is 12.4. The van der Waals surface area contributed by atoms with Gasteiger partial charge in [-0.3, -0.25) is 4.79 Å². The van der Waals surface area contributed by atoms with Crippen molar-refractivity contribution in [2.45, 2.75) is 45.2 Å². The Morgan fingerprint density at radius 1 is 1.67 bits per heavy atom. The summed E-state index contributed by atoms with van der Waals surface area (Å²) in [5, 5.41) is 2.06. The molecule has 1 saturated heterocycles. The molecule has 0 aliphatic carbocycles. The predicted octanol–water partition coefficient (Wildman–Crippen LogP) is 2.26. The number of hydrogen-bond acceptors (Lipinski definition) is 3. The van der Waals surface area contributed by atoms with Gasteiger partial charge in [0.15, 0.2) is 0 Å². The topological polar surface area (TPSA) is 46.3 Å². The van der Waals surface area contributed by atoms with Crippen LogP contribution < -0.4 is 5.73 Å². The van der Waals surface area contributed by atoms with Crippen LogP contribution in [-0.2, 0) is 11.2 Å². The van der Waals surface area contributed by atoms with Crippen molar-refractivity contribution >= 4 is 17.2 Å². The quantitative estimate of drug-likeness (QED) is 0.912. The predicted molar refractivity (Wildman–Crippen MR) is 75.6 cm³/mol. The zero-order valence-electron chi connectivity index (χ0n) is 11.1. The summed E-state index contributed by atoms with van der Waals surface area (Å²) in [6, 6.07) is 4.69. The summed E-state index contributed by atoms with van der Waals surface area (Å²) < 4.78 is 0. The van der Waals surface area contributed by atoms with Crippen molar-refractivity contribution in [3.8, 4) is 0 Å². The first-order chi connectivity index (χ1) is 8.58. The van der Waals surface area contributed by atoms with Crippen molar-refractivity contribution in [2.75, 3.05) is 6.54 Å². The van der Waals surface area contributed by atoms with Crippen LogP contribution in [0.25, 0.3) is 0 Å². The molecule has 1 aliphatic rings. The van der Waals surface area contributed by atoms with Crippen molar-refractivity contribution in [1.29, 1.82) is 0 Å². The molecule has 1 aliphatic heterocycles. The number of amides is 1. The average Bonchev–Trinajstić information content (AvgIpc) is 2.81. The minimum absolute atomic E-state index is 0.0698. The Morgan fingerprint density at radius 2 is 2.44 bits per heavy atom. The molecule has 2 heterocycles. The van der Waals surface area contributed by atoms with Gasteiger partial charge in [0.05, 0.1) is 0 Å². The van der Waals surface area contributed by atoms with Gasteiger partial charge in [-0.05, 0) is 37.6 Å². The normalized spacial score (nSPS) is 26.1. The molecular weight excluding hydrogens is 244 g/mol. The SMILES string of the molecule is C[C@H](Cc1cccs1)C(=O)N1CC[C@H](N)C[C@H]1C. The molecule has 1 amide bonds. The molecule has 0 spiro atoms. The fraction of sp³-hybridized carbons (Fsp3) is 0.643. The Bertz CT molecular complexity index is 391. The van der Waals surface area contributed by atoms with Crippen molar-refractivity contribution in [1.82, 2.24) is 4.90 Å². The molecule has 0 aromatic carbocycles. The van der Waals surface area contributed by atoms with Gasteiger partial charge >= 0.3 is 0 Å². The monoisotopic (exact) mass is 266 g/mol. The number of thiophene rings is 1. The summed E-state index contributed by atoms with van der Waals surface area (Å²) >= 11 is 1.73. The van der Waals surface area contributed by atoms with E-state index in [0.29, 0.717) is 0 Å². The van der Waals surface area contributed by atoms with Crippen molar-refractivity contribution in [2.24, 2.45) is 11.7 Å². The number of rotatable bonds is 3. The zero-order valence-corrected chi connectivity index (χ0v) is 12.0. The van der Waals surface area contributed by atoms with E-state index >= 15 is 0 Å². The van der Waals surface area contributed by atoms with Gasteiger partial charge in [0, 0.05) is 29.4 Å². The molecule has 1 fully saturated rings. The van der Waals surface area contributed by atoms with Crippen molar-refractivity contribution in [3.05, 3.63) is 22.4 Å². The van der Waals surface area contributed by atoms with Gasteiger partial charge in [0.25, 0.3) is 0 Å². The van der Waals surface area contributed by atoms with Gasteiger partial charge in [-0.2, -0.15) is 0 Å². The number of carbonyl (C=O) groups is 1. The molecule has 0 radical (unpaired) electrons. The molecule has 4 heteroatoms. The third kappa shape index (κ3) is 3.12. The summed E-state index contributed by atoms with van der Waals surface area (Å²) in [4.78, 5) is 15.7. The zero-order chi connectivity index (χ0) is 13.1. The second kappa shape index (κ2) is 5.85. The van der Waals surface area contributed by atoms with Gasteiger partial charge in [-0.15, -0.1) is 11.3 Å². The van der Waals surface area contributed by atoms with Crippen LogP contribution >= 0.6 is 11.3 Å². The van der Waals surface area contributed by atoms with E-state index in [-0.39, 0.29) is 23.9 Å². The van der Waals surface area contributed by atoms with Crippen molar-refractivity contribution in [3.63, 3.8) is 0 Å². The van der Waals surface area contributed by atoms with Gasteiger partial charge < -0.3 is 10.6 Å². The molecule has 1 aromatic rings. The second-order valence-electron chi connectivity index (χ2n) is 5.35. The third-order valence-corrected chi connectivity index (χ3v) is 4.61. The van der Waals surface area contributed by atoms with Crippen LogP contribution in [0.3, 0.4) is 0 Å². The first-order valence-corrected chi connectivity index (χ1v) is 7.54. The molecule has 0 unspecified atom stereocenters. The Labute approximate surface area is 113 Å². The van der Waals surface area contributed by atoms with E-state index in [9.17, 15) is 4.79 Å². The molecule has 18 heavy (non-hydrogen) atoms. The molecule has 2 N–H and O–H groups in total. The van der Waals surface area contributed by atoms with Crippen LogP contribution in [0.15, 0.2) is 17.5 Å². The first-order valence-electron chi connectivity index (χ1n) is 6.66. The standard InChI is InChI=1S/C14H22N2OS/c1-10(8-13-4-3-7-18-13)14(17)16-6-5-12(15)9-11(16)2/h3-4,7,10-12H,5-6,8-9,15H2,1-2H3/t10-,11-,12+/m1/s1. The molecule has 1 aromatic heterocycles. The fourth-order valence-corrected chi connectivity index (χ4v) is 3.47. The number of nitrogens with zero attached hydrogens (tertiary/aromatic N) is 1. The number of hydrogen-bond donors (Lipinski definition) is 1. The average molecular weight is 266 g/mol. The van der Waals surface area contributed by atoms with E-state index in [0.717, 1.165) is 25.8 Å². The van der Waals surface area contributed by atoms with Gasteiger partial charge in [0.2, 0.25) is 5.91 Å². The third-order valence-electron chi connectivity index (χ3n) is 3.71. The maximum atomic E-state index is 12.4. The number of carbonyl (C=O) groups excluding carboxylic acids is 1. The van der Waals surface area contributed by atoms with E-state index in [2.05, 4.69) is 18.4 Å². The largest absolute Gasteiger partial charge is 0.340 e. The van der Waals surface area contributed by atoms with E-state index in [4.69, 9.17) is 5.73 Å². The van der Waals surface area contributed by atoms with Crippen LogP contribution in [0.2, 0.25) is 0 Å². The molecule has 0 saturated carbocycles. The van der Waals surface area contributed by atoms with Gasteiger partial charge in [-0.1, -0.05) is 13.0 Å². The molecular formula is C14H22N2OS. The molecule has 2 rings (SSSR count). The molecule has 100 valence electrons. The number of nitrogens with two attached hydrogens (primary N) is 1. The summed E-state index contributed by atoms with van der Waals surface area (Å²) in [5.74, 6) is 0.350. The fourth-order valence-electron chi connectivity index (χ4n) is 2.64. The smallest absolute Gasteiger partial charge is 0.226 e. The van der Waals surface area contributed by atoms with Crippen LogP contribution in [0.4, 0.5) is 0 Å². The molecule has 3 nitrogen and oxygen atoms in total. The van der Waals surface area contributed by atoms with E-state index in [1.807, 2.05) is 17.9 Å². The van der Waals surface area contributed by atoms with E-state index < -0.39 is 0 Å². The lowest BCUT2D eigenvalue weighted by molar-refractivity contribution is -0.138. The lowest BCUT2D eigenvalue weighted by Gasteiger charge is -2.37. The summed E-state index contributed by atoms with van der Waals surface area (Å²) in [5.41, 5.74) is 5.94. The minimum Gasteiger partial charge on any atom is -0.340 e. The summed E-state index contributed by atoms with van der Waals surface area (Å²) in [6.45, 7) is 4.95. The lowest BCUT2D eigenvalue weighted by Crippen LogP contribution is -2.50. The molecule has 3 atom stereocenters. The minimum atomic E-state index is 0.0698. The van der Waals surface area contributed by atoms with E-state index in [1.165, 1.54) is 4.88 Å². The lowest BCUT2D eigenvalue weighted by atomic mass is 9.96. The molecule has 0 bridgehead atoms. The van der Waals surface area contributed by atoms with E-state index in [1.54, 1.807) is 11.3 Å². The first kappa shape index (κ1) is 13.6. The highest BCUT2D eigenvalue weighted by molar-refractivity contribution is 7.09. The van der Waals surface area contributed by atoms with Crippen molar-refractivity contribution < 1.29 is 4.79 Å². The highest BCUT2D eigenvalue weighted by atomic mass is 32.1. The van der Waals surface area contributed by atoms with Crippen LogP contribution in [0.5, 0.6) is 0 Å². The summed E-state index contributed by atoms with van der Waals surface area (Å²) in [7, 11) is 0. The maximum Gasteiger partial charge on any atom is 0.226 e. The van der Waals surface area contributed by atoms with Crippen LogP contribution in [0.1, 0.15) is 31.6 Å². The van der Waals surface area contributed by atoms with Gasteiger partial charge in [0.1, 0.15) is 0 Å². The number of likely N-dealkylation sites (tertiary alicyclic amines) is 1. The second-order valence-corrected chi connectivity index (χ2v) is 6.38. The Morgan fingerprint density at radius 3 is 3.06 bits per heavy atom. The van der Waals surface area contributed by atoms with Crippen LogP contribution in [-0.4, -0.2) is 29.4 Å². The van der Waals surface area contributed by atoms with Gasteiger partial charge in [-0.25, -0.2) is 0 Å². The van der Waals surface area contributed by atoms with Crippen LogP contribution in [0, 0.1) is 5.92 Å². The highest BCUT2D eigenvalue weighted by Gasteiger charge is 2.29. The summed E-state index contributed by atoms with van der Waals surface area (Å²) in [6.07, 6.45) is 2.71. The Kier molecular flexibility index (Phi) is 4.40. The number of piperidine rings is 1. The Balaban J connectivity index is 1.94.